The van der Waals surface area contributed by atoms with Gasteiger partial charge in [0.2, 0.25) is 5.75 Å². The zero-order chi connectivity index (χ0) is 15.4. The van der Waals surface area contributed by atoms with Crippen molar-refractivity contribution in [1.82, 2.24) is 0 Å². The summed E-state index contributed by atoms with van der Waals surface area (Å²) in [5.41, 5.74) is -0.852. The van der Waals surface area contributed by atoms with Crippen LogP contribution in [0.25, 0.3) is 0 Å². The fourth-order valence-electron chi connectivity index (χ4n) is 2.59. The second-order valence-corrected chi connectivity index (χ2v) is 6.00. The Hall–Kier alpha value is -1.63. The van der Waals surface area contributed by atoms with Crippen molar-refractivity contribution in [3.05, 3.63) is 32.3 Å². The van der Waals surface area contributed by atoms with E-state index in [9.17, 15) is 14.9 Å². The molecule has 0 atom stereocenters. The zero-order valence-electron chi connectivity index (χ0n) is 11.4. The molecule has 1 aromatic carbocycles. The summed E-state index contributed by atoms with van der Waals surface area (Å²) in [4.78, 5) is 21.6. The zero-order valence-corrected chi connectivity index (χ0v) is 13.0. The van der Waals surface area contributed by atoms with E-state index in [0.29, 0.717) is 17.0 Å². The van der Waals surface area contributed by atoms with Crippen molar-refractivity contribution in [2.24, 2.45) is 5.92 Å². The van der Waals surface area contributed by atoms with E-state index in [4.69, 9.17) is 9.84 Å². The minimum absolute atomic E-state index is 0.00507. The van der Waals surface area contributed by atoms with E-state index in [0.717, 1.165) is 25.7 Å². The summed E-state index contributed by atoms with van der Waals surface area (Å²) in [7, 11) is 0. The highest BCUT2D eigenvalue weighted by Crippen LogP contribution is 2.38. The monoisotopic (exact) mass is 357 g/mol. The molecule has 0 heterocycles. The Morgan fingerprint density at radius 1 is 1.38 bits per heavy atom. The van der Waals surface area contributed by atoms with Crippen molar-refractivity contribution in [1.29, 1.82) is 0 Å². The summed E-state index contributed by atoms with van der Waals surface area (Å²) in [6, 6.07) is 2.67. The molecule has 0 unspecified atom stereocenters. The third-order valence-corrected chi connectivity index (χ3v) is 4.31. The number of aromatic carboxylic acids is 1. The molecule has 7 heteroatoms. The van der Waals surface area contributed by atoms with Crippen LogP contribution in [0.3, 0.4) is 0 Å². The fourth-order valence-corrected chi connectivity index (χ4v) is 3.03. The Morgan fingerprint density at radius 2 is 2.05 bits per heavy atom. The van der Waals surface area contributed by atoms with Gasteiger partial charge in [-0.1, -0.05) is 19.3 Å². The number of halogens is 1. The molecule has 0 saturated heterocycles. The lowest BCUT2D eigenvalue weighted by atomic mass is 9.90. The van der Waals surface area contributed by atoms with Gasteiger partial charge in [-0.2, -0.15) is 0 Å². The Balaban J connectivity index is 2.26. The molecule has 2 rings (SSSR count). The highest BCUT2D eigenvalue weighted by molar-refractivity contribution is 9.10. The SMILES string of the molecule is O=C(O)c1ccc(Br)c(OCC2CCCCC2)c1[N+](=O)[O-]. The van der Waals surface area contributed by atoms with E-state index in [-0.39, 0.29) is 11.3 Å². The third-order valence-electron chi connectivity index (χ3n) is 3.68. The fraction of sp³-hybridized carbons (Fsp3) is 0.500. The molecule has 114 valence electrons. The largest absolute Gasteiger partial charge is 0.486 e. The minimum Gasteiger partial charge on any atom is -0.486 e. The van der Waals surface area contributed by atoms with Gasteiger partial charge < -0.3 is 9.84 Å². The molecule has 1 N–H and O–H groups in total. The Bertz CT molecular complexity index is 555. The summed E-state index contributed by atoms with van der Waals surface area (Å²) in [6.45, 7) is 0.377. The van der Waals surface area contributed by atoms with Crippen LogP contribution in [-0.4, -0.2) is 22.6 Å². The van der Waals surface area contributed by atoms with Gasteiger partial charge in [0.25, 0.3) is 0 Å². The van der Waals surface area contributed by atoms with Gasteiger partial charge >= 0.3 is 11.7 Å². The number of benzene rings is 1. The Kier molecular flexibility index (Phi) is 5.17. The number of hydrogen-bond donors (Lipinski definition) is 1. The van der Waals surface area contributed by atoms with Crippen molar-refractivity contribution >= 4 is 27.6 Å². The van der Waals surface area contributed by atoms with Crippen LogP contribution in [0, 0.1) is 16.0 Å². The first-order valence-electron chi connectivity index (χ1n) is 6.83. The van der Waals surface area contributed by atoms with Crippen LogP contribution in [0.5, 0.6) is 5.75 Å². The van der Waals surface area contributed by atoms with Crippen molar-refractivity contribution < 1.29 is 19.6 Å². The molecule has 0 aromatic heterocycles. The normalized spacial score (nSPS) is 15.7. The summed E-state index contributed by atoms with van der Waals surface area (Å²) in [5, 5.41) is 20.3. The standard InChI is InChI=1S/C14H16BrNO5/c15-11-7-6-10(14(17)18)12(16(19)20)13(11)21-8-9-4-2-1-3-5-9/h6-7,9H,1-5,8H2,(H,17,18). The maximum Gasteiger partial charge on any atom is 0.342 e. The molecule has 0 amide bonds. The molecular weight excluding hydrogens is 342 g/mol. The van der Waals surface area contributed by atoms with Gasteiger partial charge in [0.1, 0.15) is 5.56 Å². The first-order valence-corrected chi connectivity index (χ1v) is 7.63. The number of rotatable bonds is 5. The molecule has 1 aliphatic rings. The molecule has 1 saturated carbocycles. The Morgan fingerprint density at radius 3 is 2.62 bits per heavy atom. The van der Waals surface area contributed by atoms with Crippen molar-refractivity contribution in [2.75, 3.05) is 6.61 Å². The molecule has 0 radical (unpaired) electrons. The quantitative estimate of drug-likeness (QED) is 0.634. The first kappa shape index (κ1) is 15.8. The van der Waals surface area contributed by atoms with E-state index in [1.165, 1.54) is 18.6 Å². The number of carboxylic acid groups (broad SMARTS) is 1. The number of carboxylic acids is 1. The lowest BCUT2D eigenvalue weighted by molar-refractivity contribution is -0.386. The number of hydrogen-bond acceptors (Lipinski definition) is 4. The first-order chi connectivity index (χ1) is 10.0. The number of nitro groups is 1. The van der Waals surface area contributed by atoms with Gasteiger partial charge in [0, 0.05) is 0 Å². The van der Waals surface area contributed by atoms with Crippen molar-refractivity contribution in [3.8, 4) is 5.75 Å². The molecule has 0 aliphatic heterocycles. The molecule has 1 fully saturated rings. The average Bonchev–Trinajstić information content (AvgIpc) is 2.46. The average molecular weight is 358 g/mol. The molecule has 0 spiro atoms. The lowest BCUT2D eigenvalue weighted by Crippen LogP contribution is -2.16. The maximum atomic E-state index is 11.2. The van der Waals surface area contributed by atoms with Crippen LogP contribution in [0.1, 0.15) is 42.5 Å². The predicted molar refractivity (Wildman–Crippen MR) is 79.8 cm³/mol. The van der Waals surface area contributed by atoms with Gasteiger partial charge in [-0.3, -0.25) is 10.1 Å². The topological polar surface area (TPSA) is 89.7 Å². The third kappa shape index (κ3) is 3.72. The van der Waals surface area contributed by atoms with Crippen LogP contribution in [0.2, 0.25) is 0 Å². The van der Waals surface area contributed by atoms with Gasteiger partial charge in [0.15, 0.2) is 0 Å². The van der Waals surface area contributed by atoms with Gasteiger partial charge in [0.05, 0.1) is 16.0 Å². The molecular formula is C14H16BrNO5. The highest BCUT2D eigenvalue weighted by atomic mass is 79.9. The van der Waals surface area contributed by atoms with Crippen LogP contribution in [-0.2, 0) is 0 Å². The number of carbonyl (C=O) groups is 1. The molecule has 6 nitrogen and oxygen atoms in total. The number of ether oxygens (including phenoxy) is 1. The summed E-state index contributed by atoms with van der Waals surface area (Å²) in [5.74, 6) is -0.957. The second kappa shape index (κ2) is 6.89. The Labute approximate surface area is 130 Å². The lowest BCUT2D eigenvalue weighted by Gasteiger charge is -2.22. The van der Waals surface area contributed by atoms with E-state index in [1.807, 2.05) is 0 Å². The summed E-state index contributed by atoms with van der Waals surface area (Å²) < 4.78 is 6.01. The van der Waals surface area contributed by atoms with E-state index >= 15 is 0 Å². The van der Waals surface area contributed by atoms with Crippen molar-refractivity contribution in [2.45, 2.75) is 32.1 Å². The molecule has 1 aromatic rings. The van der Waals surface area contributed by atoms with E-state index in [1.54, 1.807) is 0 Å². The van der Waals surface area contributed by atoms with Crippen molar-refractivity contribution in [3.63, 3.8) is 0 Å². The number of nitrogens with zero attached hydrogens (tertiary/aromatic N) is 1. The minimum atomic E-state index is -1.34. The van der Waals surface area contributed by atoms with Crippen LogP contribution in [0.4, 0.5) is 5.69 Å². The molecule has 21 heavy (non-hydrogen) atoms. The van der Waals surface area contributed by atoms with Crippen LogP contribution >= 0.6 is 15.9 Å². The van der Waals surface area contributed by atoms with Crippen LogP contribution < -0.4 is 4.74 Å². The second-order valence-electron chi connectivity index (χ2n) is 5.15. The van der Waals surface area contributed by atoms with Gasteiger partial charge in [-0.05, 0) is 46.8 Å². The van der Waals surface area contributed by atoms with E-state index < -0.39 is 16.6 Å². The predicted octanol–water partition coefficient (Wildman–Crippen LogP) is 4.01. The molecule has 1 aliphatic carbocycles. The highest BCUT2D eigenvalue weighted by Gasteiger charge is 2.28. The molecule has 0 bridgehead atoms. The van der Waals surface area contributed by atoms with Gasteiger partial charge in [-0.25, -0.2) is 4.79 Å². The maximum absolute atomic E-state index is 11.2. The summed E-state index contributed by atoms with van der Waals surface area (Å²) >= 11 is 3.20. The number of nitro benzene ring substituents is 1. The smallest absolute Gasteiger partial charge is 0.342 e. The van der Waals surface area contributed by atoms with E-state index in [2.05, 4.69) is 15.9 Å². The summed E-state index contributed by atoms with van der Waals surface area (Å²) in [6.07, 6.45) is 5.60. The van der Waals surface area contributed by atoms with Crippen LogP contribution in [0.15, 0.2) is 16.6 Å². The van der Waals surface area contributed by atoms with Gasteiger partial charge in [-0.15, -0.1) is 0 Å².